The normalized spacial score (nSPS) is 11.9. The number of nitrogens with zero attached hydrogens (tertiary/aromatic N) is 1. The first kappa shape index (κ1) is 16.9. The van der Waals surface area contributed by atoms with E-state index in [-0.39, 0.29) is 17.6 Å². The molecule has 4 nitrogen and oxygen atoms in total. The summed E-state index contributed by atoms with van der Waals surface area (Å²) in [5.74, 6) is -0.811. The average Bonchev–Trinajstić information content (AvgIpc) is 3.15. The Kier molecular flexibility index (Phi) is 5.23. The molecule has 2 aromatic carbocycles. The van der Waals surface area contributed by atoms with Crippen molar-refractivity contribution in [2.75, 3.05) is 5.32 Å². The van der Waals surface area contributed by atoms with Crippen molar-refractivity contribution in [2.24, 2.45) is 0 Å². The molecule has 1 heterocycles. The fourth-order valence-electron chi connectivity index (χ4n) is 2.85. The molecule has 0 aliphatic carbocycles. The second-order valence-electron chi connectivity index (χ2n) is 5.95. The number of anilines is 1. The van der Waals surface area contributed by atoms with Crippen LogP contribution in [0.3, 0.4) is 0 Å². The third-order valence-corrected chi connectivity index (χ3v) is 4.13. The first-order chi connectivity index (χ1) is 12.2. The highest BCUT2D eigenvalue weighted by atomic mass is 19.1. The largest absolute Gasteiger partial charge is 0.326 e. The van der Waals surface area contributed by atoms with Gasteiger partial charge >= 0.3 is 0 Å². The molecular formula is C20H20FN3O. The summed E-state index contributed by atoms with van der Waals surface area (Å²) < 4.78 is 13.5. The zero-order valence-corrected chi connectivity index (χ0v) is 14.0. The summed E-state index contributed by atoms with van der Waals surface area (Å²) >= 11 is 0. The number of hydrogen-bond acceptors (Lipinski definition) is 2. The highest BCUT2D eigenvalue weighted by molar-refractivity contribution is 5.96. The highest BCUT2D eigenvalue weighted by Crippen LogP contribution is 2.25. The molecule has 0 bridgehead atoms. The van der Waals surface area contributed by atoms with Crippen LogP contribution in [0.1, 0.15) is 31.2 Å². The molecule has 0 saturated carbocycles. The van der Waals surface area contributed by atoms with Gasteiger partial charge in [0.15, 0.2) is 0 Å². The van der Waals surface area contributed by atoms with Gasteiger partial charge in [-0.2, -0.15) is 5.10 Å². The van der Waals surface area contributed by atoms with Crippen LogP contribution in [-0.2, 0) is 4.79 Å². The van der Waals surface area contributed by atoms with E-state index in [0.29, 0.717) is 12.0 Å². The fraction of sp³-hybridized carbons (Fsp3) is 0.200. The Morgan fingerprint density at radius 3 is 2.64 bits per heavy atom. The van der Waals surface area contributed by atoms with Gasteiger partial charge in [0, 0.05) is 17.4 Å². The van der Waals surface area contributed by atoms with E-state index in [1.54, 1.807) is 18.3 Å². The molecule has 2 N–H and O–H groups in total. The van der Waals surface area contributed by atoms with E-state index >= 15 is 0 Å². The maximum atomic E-state index is 13.5. The number of hydrogen-bond donors (Lipinski definition) is 2. The van der Waals surface area contributed by atoms with E-state index in [4.69, 9.17) is 0 Å². The zero-order chi connectivity index (χ0) is 17.6. The Balaban J connectivity index is 1.75. The minimum absolute atomic E-state index is 0.122. The van der Waals surface area contributed by atoms with Crippen molar-refractivity contribution in [1.82, 2.24) is 10.2 Å². The van der Waals surface area contributed by atoms with E-state index in [2.05, 4.69) is 15.5 Å². The predicted octanol–water partition coefficient (Wildman–Crippen LogP) is 4.74. The number of aromatic amines is 1. The van der Waals surface area contributed by atoms with Crippen molar-refractivity contribution in [2.45, 2.75) is 25.7 Å². The van der Waals surface area contributed by atoms with Crippen LogP contribution in [-0.4, -0.2) is 16.1 Å². The number of H-pyrrole nitrogens is 1. The number of rotatable bonds is 6. The third kappa shape index (κ3) is 4.12. The Morgan fingerprint density at radius 2 is 2.00 bits per heavy atom. The average molecular weight is 337 g/mol. The molecule has 3 aromatic rings. The number of aromatic nitrogens is 2. The van der Waals surface area contributed by atoms with Crippen LogP contribution >= 0.6 is 0 Å². The van der Waals surface area contributed by atoms with Gasteiger partial charge in [-0.15, -0.1) is 0 Å². The SMILES string of the molecule is CCCC(C(=O)Nc1ccc(-c2cn[nH]c2)cc1)c1cccc(F)c1. The molecule has 0 radical (unpaired) electrons. The molecule has 1 aromatic heterocycles. The van der Waals surface area contributed by atoms with Gasteiger partial charge < -0.3 is 5.32 Å². The minimum Gasteiger partial charge on any atom is -0.326 e. The number of halogens is 1. The number of carbonyl (C=O) groups is 1. The lowest BCUT2D eigenvalue weighted by molar-refractivity contribution is -0.117. The summed E-state index contributed by atoms with van der Waals surface area (Å²) in [7, 11) is 0. The van der Waals surface area contributed by atoms with E-state index < -0.39 is 0 Å². The van der Waals surface area contributed by atoms with Crippen molar-refractivity contribution in [3.05, 3.63) is 72.3 Å². The van der Waals surface area contributed by atoms with Gasteiger partial charge in [-0.3, -0.25) is 9.89 Å². The lowest BCUT2D eigenvalue weighted by Crippen LogP contribution is -2.21. The molecule has 128 valence electrons. The van der Waals surface area contributed by atoms with Crippen LogP contribution in [0.25, 0.3) is 11.1 Å². The van der Waals surface area contributed by atoms with Gasteiger partial charge in [-0.05, 0) is 41.8 Å². The molecule has 0 spiro atoms. The van der Waals surface area contributed by atoms with Crippen LogP contribution in [0, 0.1) is 5.82 Å². The van der Waals surface area contributed by atoms with E-state index in [9.17, 15) is 9.18 Å². The van der Waals surface area contributed by atoms with Gasteiger partial charge in [-0.25, -0.2) is 4.39 Å². The number of amides is 1. The first-order valence-electron chi connectivity index (χ1n) is 8.33. The summed E-state index contributed by atoms with van der Waals surface area (Å²) in [5, 5.41) is 9.64. The topological polar surface area (TPSA) is 57.8 Å². The maximum absolute atomic E-state index is 13.5. The van der Waals surface area contributed by atoms with Crippen LogP contribution < -0.4 is 5.32 Å². The molecule has 0 aliphatic heterocycles. The van der Waals surface area contributed by atoms with E-state index in [1.165, 1.54) is 12.1 Å². The molecule has 0 fully saturated rings. The highest BCUT2D eigenvalue weighted by Gasteiger charge is 2.20. The maximum Gasteiger partial charge on any atom is 0.231 e. The van der Waals surface area contributed by atoms with Crippen molar-refractivity contribution in [3.8, 4) is 11.1 Å². The van der Waals surface area contributed by atoms with E-state index in [0.717, 1.165) is 23.2 Å². The van der Waals surface area contributed by atoms with Gasteiger partial charge in [0.25, 0.3) is 0 Å². The zero-order valence-electron chi connectivity index (χ0n) is 14.0. The molecule has 0 aliphatic rings. The molecular weight excluding hydrogens is 317 g/mol. The fourth-order valence-corrected chi connectivity index (χ4v) is 2.85. The summed E-state index contributed by atoms with van der Waals surface area (Å²) in [5.41, 5.74) is 3.42. The predicted molar refractivity (Wildman–Crippen MR) is 96.7 cm³/mol. The Bertz CT molecular complexity index is 828. The van der Waals surface area contributed by atoms with Crippen LogP contribution in [0.4, 0.5) is 10.1 Å². The van der Waals surface area contributed by atoms with Crippen LogP contribution in [0.15, 0.2) is 60.9 Å². The number of benzene rings is 2. The Morgan fingerprint density at radius 1 is 1.20 bits per heavy atom. The second kappa shape index (κ2) is 7.75. The molecule has 1 atom stereocenters. The summed E-state index contributed by atoms with van der Waals surface area (Å²) in [6, 6.07) is 13.8. The summed E-state index contributed by atoms with van der Waals surface area (Å²) in [4.78, 5) is 12.7. The van der Waals surface area contributed by atoms with Crippen LogP contribution in [0.2, 0.25) is 0 Å². The summed E-state index contributed by atoms with van der Waals surface area (Å²) in [6.45, 7) is 2.01. The van der Waals surface area contributed by atoms with Gasteiger partial charge in [-0.1, -0.05) is 37.6 Å². The quantitative estimate of drug-likeness (QED) is 0.682. The molecule has 5 heteroatoms. The van der Waals surface area contributed by atoms with Crippen molar-refractivity contribution in [1.29, 1.82) is 0 Å². The Hall–Kier alpha value is -2.95. The molecule has 1 amide bonds. The standard InChI is InChI=1S/C20H20FN3O/c1-2-4-19(15-5-3-6-17(21)11-15)20(25)24-18-9-7-14(8-10-18)16-12-22-23-13-16/h3,5-13,19H,2,4H2,1H3,(H,22,23)(H,24,25). The molecule has 3 rings (SSSR count). The molecule has 25 heavy (non-hydrogen) atoms. The second-order valence-corrected chi connectivity index (χ2v) is 5.95. The van der Waals surface area contributed by atoms with Gasteiger partial charge in [0.05, 0.1) is 12.1 Å². The monoisotopic (exact) mass is 337 g/mol. The van der Waals surface area contributed by atoms with Crippen LogP contribution in [0.5, 0.6) is 0 Å². The van der Waals surface area contributed by atoms with E-state index in [1.807, 2.05) is 37.4 Å². The Labute approximate surface area is 146 Å². The third-order valence-electron chi connectivity index (χ3n) is 4.13. The van der Waals surface area contributed by atoms with Crippen molar-refractivity contribution in [3.63, 3.8) is 0 Å². The molecule has 0 saturated heterocycles. The summed E-state index contributed by atoms with van der Waals surface area (Å²) in [6.07, 6.45) is 5.07. The first-order valence-corrected chi connectivity index (χ1v) is 8.33. The van der Waals surface area contributed by atoms with Crippen molar-refractivity contribution < 1.29 is 9.18 Å². The minimum atomic E-state index is -0.366. The van der Waals surface area contributed by atoms with Crippen molar-refractivity contribution >= 4 is 11.6 Å². The lowest BCUT2D eigenvalue weighted by atomic mass is 9.93. The number of carbonyl (C=O) groups excluding carboxylic acids is 1. The van der Waals surface area contributed by atoms with Gasteiger partial charge in [0.2, 0.25) is 5.91 Å². The number of nitrogens with one attached hydrogen (secondary N) is 2. The smallest absolute Gasteiger partial charge is 0.231 e. The molecule has 1 unspecified atom stereocenters. The van der Waals surface area contributed by atoms with Gasteiger partial charge in [0.1, 0.15) is 5.82 Å². The lowest BCUT2D eigenvalue weighted by Gasteiger charge is -2.17.